The summed E-state index contributed by atoms with van der Waals surface area (Å²) in [4.78, 5) is 2.46. The summed E-state index contributed by atoms with van der Waals surface area (Å²) in [6.45, 7) is 15.5. The second-order valence-corrected chi connectivity index (χ2v) is 13.9. The highest BCUT2D eigenvalue weighted by Crippen LogP contribution is 2.36. The van der Waals surface area contributed by atoms with Crippen LogP contribution in [-0.2, 0) is 4.43 Å². The Morgan fingerprint density at radius 2 is 1.87 bits per heavy atom. The summed E-state index contributed by atoms with van der Waals surface area (Å²) in [5.74, 6) is 0.981. The third kappa shape index (κ3) is 5.72. The average molecular weight is 447 g/mol. The number of benzene rings is 1. The van der Waals surface area contributed by atoms with Crippen LogP contribution >= 0.6 is 22.6 Å². The number of hydrogen-bond acceptors (Lipinski definition) is 3. The zero-order valence-corrected chi connectivity index (χ0v) is 18.2. The van der Waals surface area contributed by atoms with Gasteiger partial charge in [0, 0.05) is 29.8 Å². The smallest absolute Gasteiger partial charge is 0.192 e. The largest absolute Gasteiger partial charge is 0.489 e. The molecule has 0 radical (unpaired) electrons. The van der Waals surface area contributed by atoms with E-state index >= 15 is 0 Å². The summed E-state index contributed by atoms with van der Waals surface area (Å²) in [6.07, 6.45) is 1.41. The summed E-state index contributed by atoms with van der Waals surface area (Å²) >= 11 is 2.32. The molecule has 130 valence electrons. The Kier molecular flexibility index (Phi) is 6.55. The van der Waals surface area contributed by atoms with Gasteiger partial charge in [0.05, 0.1) is 0 Å². The van der Waals surface area contributed by atoms with Crippen molar-refractivity contribution < 1.29 is 9.16 Å². The standard InChI is InChI=1S/C18H30INO2Si/c1-18(2,3)23(4,5)21-13-12-20-11-10-17(14-20)22-16-8-6-15(19)7-9-16/h6-9,17H,10-14H2,1-5H3/t17-/m0/s1. The summed E-state index contributed by atoms with van der Waals surface area (Å²) < 4.78 is 13.6. The van der Waals surface area contributed by atoms with E-state index in [1.165, 1.54) is 3.57 Å². The first kappa shape index (κ1) is 19.2. The molecule has 1 saturated heterocycles. The Morgan fingerprint density at radius 3 is 2.48 bits per heavy atom. The Balaban J connectivity index is 1.72. The maximum Gasteiger partial charge on any atom is 0.192 e. The number of halogens is 1. The summed E-state index contributed by atoms with van der Waals surface area (Å²) in [6, 6.07) is 8.31. The van der Waals surface area contributed by atoms with Crippen molar-refractivity contribution in [2.75, 3.05) is 26.2 Å². The molecule has 0 spiro atoms. The normalized spacial score (nSPS) is 20.0. The van der Waals surface area contributed by atoms with Gasteiger partial charge in [0.15, 0.2) is 8.32 Å². The van der Waals surface area contributed by atoms with Crippen LogP contribution in [0.3, 0.4) is 0 Å². The highest BCUT2D eigenvalue weighted by atomic mass is 127. The Morgan fingerprint density at radius 1 is 1.22 bits per heavy atom. The predicted molar refractivity (Wildman–Crippen MR) is 108 cm³/mol. The molecule has 0 unspecified atom stereocenters. The van der Waals surface area contributed by atoms with E-state index in [-0.39, 0.29) is 5.04 Å². The maximum atomic E-state index is 6.28. The van der Waals surface area contributed by atoms with Gasteiger partial charge in [-0.1, -0.05) is 20.8 Å². The van der Waals surface area contributed by atoms with Crippen LogP contribution in [0.25, 0.3) is 0 Å². The minimum Gasteiger partial charge on any atom is -0.489 e. The molecule has 1 aromatic carbocycles. The van der Waals surface area contributed by atoms with Crippen LogP contribution in [0, 0.1) is 3.57 Å². The zero-order chi connectivity index (χ0) is 17.1. The summed E-state index contributed by atoms with van der Waals surface area (Å²) in [5.41, 5.74) is 0. The van der Waals surface area contributed by atoms with E-state index in [1.807, 2.05) is 0 Å². The topological polar surface area (TPSA) is 21.7 Å². The second-order valence-electron chi connectivity index (χ2n) is 7.89. The van der Waals surface area contributed by atoms with Crippen LogP contribution in [0.5, 0.6) is 5.75 Å². The van der Waals surface area contributed by atoms with E-state index < -0.39 is 8.32 Å². The van der Waals surface area contributed by atoms with Crippen LogP contribution in [-0.4, -0.2) is 45.6 Å². The van der Waals surface area contributed by atoms with E-state index in [4.69, 9.17) is 9.16 Å². The van der Waals surface area contributed by atoms with Gasteiger partial charge in [-0.05, 0) is 71.4 Å². The zero-order valence-electron chi connectivity index (χ0n) is 15.1. The van der Waals surface area contributed by atoms with E-state index in [0.717, 1.165) is 38.4 Å². The quantitative estimate of drug-likeness (QED) is 0.464. The molecule has 5 heteroatoms. The van der Waals surface area contributed by atoms with E-state index in [2.05, 4.69) is 85.6 Å². The van der Waals surface area contributed by atoms with Crippen LogP contribution in [0.1, 0.15) is 27.2 Å². The highest BCUT2D eigenvalue weighted by Gasteiger charge is 2.37. The Bertz CT molecular complexity index is 499. The fourth-order valence-electron chi connectivity index (χ4n) is 2.45. The minimum absolute atomic E-state index is 0.286. The van der Waals surface area contributed by atoms with Gasteiger partial charge in [-0.2, -0.15) is 0 Å². The number of ether oxygens (including phenoxy) is 1. The van der Waals surface area contributed by atoms with Gasteiger partial charge >= 0.3 is 0 Å². The summed E-state index contributed by atoms with van der Waals surface area (Å²) in [5, 5.41) is 0.286. The van der Waals surface area contributed by atoms with Crippen molar-refractivity contribution in [3.8, 4) is 5.75 Å². The Hall–Kier alpha value is -0.113. The number of rotatable bonds is 6. The third-order valence-electron chi connectivity index (χ3n) is 5.02. The van der Waals surface area contributed by atoms with E-state index in [9.17, 15) is 0 Å². The molecule has 2 rings (SSSR count). The molecule has 1 aromatic rings. The van der Waals surface area contributed by atoms with Crippen LogP contribution in [0.15, 0.2) is 24.3 Å². The van der Waals surface area contributed by atoms with Crippen molar-refractivity contribution in [1.82, 2.24) is 4.90 Å². The lowest BCUT2D eigenvalue weighted by atomic mass is 10.2. The second kappa shape index (κ2) is 7.85. The first-order valence-electron chi connectivity index (χ1n) is 8.46. The van der Waals surface area contributed by atoms with Gasteiger partial charge in [-0.3, -0.25) is 4.90 Å². The molecule has 3 nitrogen and oxygen atoms in total. The fraction of sp³-hybridized carbons (Fsp3) is 0.667. The van der Waals surface area contributed by atoms with Gasteiger partial charge < -0.3 is 9.16 Å². The molecule has 1 fully saturated rings. The molecule has 1 aliphatic heterocycles. The van der Waals surface area contributed by atoms with Crippen LogP contribution < -0.4 is 4.74 Å². The van der Waals surface area contributed by atoms with Gasteiger partial charge in [0.2, 0.25) is 0 Å². The third-order valence-corrected chi connectivity index (χ3v) is 10.3. The molecule has 1 heterocycles. The monoisotopic (exact) mass is 447 g/mol. The molecule has 0 saturated carbocycles. The molecule has 0 bridgehead atoms. The van der Waals surface area contributed by atoms with Crippen LogP contribution in [0.2, 0.25) is 18.1 Å². The van der Waals surface area contributed by atoms with Crippen LogP contribution in [0.4, 0.5) is 0 Å². The first-order valence-corrected chi connectivity index (χ1v) is 12.4. The number of nitrogens with zero attached hydrogens (tertiary/aromatic N) is 1. The molecule has 0 aromatic heterocycles. The van der Waals surface area contributed by atoms with Crippen molar-refractivity contribution in [1.29, 1.82) is 0 Å². The average Bonchev–Trinajstić information content (AvgIpc) is 2.87. The molecule has 0 N–H and O–H groups in total. The SMILES string of the molecule is CC(C)(C)[Si](C)(C)OCCN1CC[C@H](Oc2ccc(I)cc2)C1. The van der Waals surface area contributed by atoms with Gasteiger partial charge in [-0.15, -0.1) is 0 Å². The van der Waals surface area contributed by atoms with Crippen molar-refractivity contribution in [2.24, 2.45) is 0 Å². The molecule has 0 amide bonds. The number of hydrogen-bond donors (Lipinski definition) is 0. The van der Waals surface area contributed by atoms with Crippen molar-refractivity contribution >= 4 is 30.9 Å². The molecule has 1 atom stereocenters. The van der Waals surface area contributed by atoms with Crippen molar-refractivity contribution in [2.45, 2.75) is 51.4 Å². The first-order chi connectivity index (χ1) is 10.7. The van der Waals surface area contributed by atoms with Gasteiger partial charge in [0.25, 0.3) is 0 Å². The van der Waals surface area contributed by atoms with Gasteiger partial charge in [0.1, 0.15) is 11.9 Å². The molecular formula is C18H30INO2Si. The number of likely N-dealkylation sites (tertiary alicyclic amines) is 1. The highest BCUT2D eigenvalue weighted by molar-refractivity contribution is 14.1. The lowest BCUT2D eigenvalue weighted by Gasteiger charge is -2.36. The molecule has 23 heavy (non-hydrogen) atoms. The molecule has 1 aliphatic rings. The Labute approximate surface area is 156 Å². The lowest BCUT2D eigenvalue weighted by molar-refractivity contribution is 0.182. The minimum atomic E-state index is -1.62. The summed E-state index contributed by atoms with van der Waals surface area (Å²) in [7, 11) is -1.62. The fourth-order valence-corrected chi connectivity index (χ4v) is 3.84. The predicted octanol–water partition coefficient (Wildman–Crippen LogP) is 4.77. The molecular weight excluding hydrogens is 417 g/mol. The lowest BCUT2D eigenvalue weighted by Crippen LogP contribution is -2.42. The van der Waals surface area contributed by atoms with E-state index in [1.54, 1.807) is 0 Å². The van der Waals surface area contributed by atoms with Crippen molar-refractivity contribution in [3.63, 3.8) is 0 Å². The van der Waals surface area contributed by atoms with Crippen molar-refractivity contribution in [3.05, 3.63) is 27.8 Å². The maximum absolute atomic E-state index is 6.28. The van der Waals surface area contributed by atoms with E-state index in [0.29, 0.717) is 6.10 Å². The van der Waals surface area contributed by atoms with Gasteiger partial charge in [-0.25, -0.2) is 0 Å². The molecule has 0 aliphatic carbocycles.